The number of aliphatic imine (C=N–C) groups is 1. The largest absolute Gasteiger partial charge is 0.381 e. The molecule has 0 bridgehead atoms. The van der Waals surface area contributed by atoms with Crippen LogP contribution in [-0.4, -0.2) is 63.0 Å². The quantitative estimate of drug-likeness (QED) is 0.222. The molecule has 2 aliphatic rings. The molecule has 142 valence electrons. The van der Waals surface area contributed by atoms with E-state index in [-0.39, 0.29) is 28.7 Å². The average molecular weight is 471 g/mol. The second kappa shape index (κ2) is 12.6. The van der Waals surface area contributed by atoms with Gasteiger partial charge in [-0.1, -0.05) is 6.92 Å². The van der Waals surface area contributed by atoms with Gasteiger partial charge in [-0.2, -0.15) is 11.8 Å². The molecule has 0 radical (unpaired) electrons. The van der Waals surface area contributed by atoms with Gasteiger partial charge >= 0.3 is 0 Å². The van der Waals surface area contributed by atoms with E-state index in [1.165, 1.54) is 12.8 Å². The second-order valence-electron chi connectivity index (χ2n) is 6.45. The van der Waals surface area contributed by atoms with Crippen molar-refractivity contribution in [2.45, 2.75) is 43.8 Å². The van der Waals surface area contributed by atoms with Gasteiger partial charge in [0.05, 0.1) is 0 Å². The van der Waals surface area contributed by atoms with Crippen LogP contribution in [0.5, 0.6) is 0 Å². The predicted octanol–water partition coefficient (Wildman–Crippen LogP) is 2.89. The molecule has 1 aliphatic heterocycles. The molecule has 1 aliphatic carbocycles. The molecule has 2 fully saturated rings. The van der Waals surface area contributed by atoms with Crippen molar-refractivity contribution in [3.05, 3.63) is 0 Å². The van der Waals surface area contributed by atoms with E-state index in [4.69, 9.17) is 9.47 Å². The first kappa shape index (κ1) is 22.3. The zero-order valence-corrected chi connectivity index (χ0v) is 18.3. The molecule has 2 rings (SSSR count). The minimum Gasteiger partial charge on any atom is -0.381 e. The zero-order chi connectivity index (χ0) is 16.4. The monoisotopic (exact) mass is 471 g/mol. The lowest BCUT2D eigenvalue weighted by atomic mass is 9.99. The maximum atomic E-state index is 5.66. The molecule has 0 aromatic carbocycles. The van der Waals surface area contributed by atoms with Crippen molar-refractivity contribution in [3.63, 3.8) is 0 Å². The molecule has 0 aromatic heterocycles. The van der Waals surface area contributed by atoms with Crippen molar-refractivity contribution >= 4 is 41.7 Å². The summed E-state index contributed by atoms with van der Waals surface area (Å²) in [5.74, 6) is 2.89. The lowest BCUT2D eigenvalue weighted by molar-refractivity contribution is 0.0782. The van der Waals surface area contributed by atoms with Gasteiger partial charge in [0.1, 0.15) is 0 Å². The third-order valence-corrected chi connectivity index (χ3v) is 5.92. The smallest absolute Gasteiger partial charge is 0.191 e. The van der Waals surface area contributed by atoms with Crippen molar-refractivity contribution in [1.29, 1.82) is 0 Å². The van der Waals surface area contributed by atoms with E-state index in [2.05, 4.69) is 34.3 Å². The predicted molar refractivity (Wildman–Crippen MR) is 114 cm³/mol. The maximum Gasteiger partial charge on any atom is 0.191 e. The minimum atomic E-state index is 0. The summed E-state index contributed by atoms with van der Waals surface area (Å²) in [6, 6.07) is 0. The van der Waals surface area contributed by atoms with Crippen LogP contribution in [0, 0.1) is 5.92 Å². The van der Waals surface area contributed by atoms with E-state index in [0.29, 0.717) is 0 Å². The van der Waals surface area contributed by atoms with Crippen molar-refractivity contribution in [1.82, 2.24) is 10.6 Å². The van der Waals surface area contributed by atoms with Crippen LogP contribution in [0.4, 0.5) is 0 Å². The third kappa shape index (κ3) is 8.58. The highest BCUT2D eigenvalue weighted by Crippen LogP contribution is 2.34. The first-order valence-electron chi connectivity index (χ1n) is 9.02. The summed E-state index contributed by atoms with van der Waals surface area (Å²) < 4.78 is 11.5. The van der Waals surface area contributed by atoms with Crippen molar-refractivity contribution in [2.24, 2.45) is 10.9 Å². The number of rotatable bonds is 10. The molecule has 0 atom stereocenters. The summed E-state index contributed by atoms with van der Waals surface area (Å²) in [5.41, 5.74) is 0. The lowest BCUT2D eigenvalue weighted by Gasteiger charge is -2.37. The van der Waals surface area contributed by atoms with Crippen LogP contribution < -0.4 is 10.6 Å². The van der Waals surface area contributed by atoms with Crippen molar-refractivity contribution in [3.8, 4) is 0 Å². The number of guanidine groups is 1. The van der Waals surface area contributed by atoms with E-state index < -0.39 is 0 Å². The van der Waals surface area contributed by atoms with E-state index in [9.17, 15) is 0 Å². The number of nitrogens with zero attached hydrogens (tertiary/aromatic N) is 1. The van der Waals surface area contributed by atoms with E-state index in [0.717, 1.165) is 76.4 Å². The van der Waals surface area contributed by atoms with Gasteiger partial charge in [-0.15, -0.1) is 24.0 Å². The van der Waals surface area contributed by atoms with Crippen LogP contribution >= 0.6 is 35.7 Å². The average Bonchev–Trinajstić information content (AvgIpc) is 3.39. The molecule has 1 saturated heterocycles. The second-order valence-corrected chi connectivity index (χ2v) is 8.18. The molecular formula is C17H34IN3O2S. The summed E-state index contributed by atoms with van der Waals surface area (Å²) in [5, 5.41) is 6.90. The molecule has 0 unspecified atom stereocenters. The van der Waals surface area contributed by atoms with Gasteiger partial charge < -0.3 is 20.1 Å². The fourth-order valence-corrected chi connectivity index (χ4v) is 4.04. The Hall–Kier alpha value is 0.270. The number of thioether (sulfide) groups is 1. The fraction of sp³-hybridized carbons (Fsp3) is 0.941. The van der Waals surface area contributed by atoms with Crippen LogP contribution in [0.25, 0.3) is 0 Å². The Labute approximate surface area is 168 Å². The van der Waals surface area contributed by atoms with Gasteiger partial charge in [0, 0.05) is 51.3 Å². The van der Waals surface area contributed by atoms with Gasteiger partial charge in [-0.25, -0.2) is 0 Å². The standard InChI is InChI=1S/C17H33N3O2S.HI/c1-3-23-17(7-11-21-12-8-17)14-20-16(18-2)19-9-4-10-22-13-15-5-6-15;/h15H,3-14H2,1-2H3,(H2,18,19,20);1H. The summed E-state index contributed by atoms with van der Waals surface area (Å²) in [4.78, 5) is 4.33. The Morgan fingerprint density at radius 2 is 2.04 bits per heavy atom. The molecule has 0 aromatic rings. The summed E-state index contributed by atoms with van der Waals surface area (Å²) >= 11 is 2.05. The minimum absolute atomic E-state index is 0. The molecular weight excluding hydrogens is 437 g/mol. The Morgan fingerprint density at radius 1 is 1.29 bits per heavy atom. The van der Waals surface area contributed by atoms with E-state index in [1.54, 1.807) is 0 Å². The molecule has 1 heterocycles. The summed E-state index contributed by atoms with van der Waals surface area (Å²) in [7, 11) is 1.84. The highest BCUT2D eigenvalue weighted by molar-refractivity contribution is 14.0. The van der Waals surface area contributed by atoms with Gasteiger partial charge in [0.25, 0.3) is 0 Å². The number of halogens is 1. The maximum absolute atomic E-state index is 5.66. The topological polar surface area (TPSA) is 54.9 Å². The summed E-state index contributed by atoms with van der Waals surface area (Å²) in [6.07, 6.45) is 5.97. The van der Waals surface area contributed by atoms with Crippen LogP contribution in [0.15, 0.2) is 4.99 Å². The van der Waals surface area contributed by atoms with Gasteiger partial charge in [0.15, 0.2) is 5.96 Å². The number of ether oxygens (including phenoxy) is 2. The SMILES string of the molecule is CCSC1(CNC(=NC)NCCCOCC2CC2)CCOCC1.I. The van der Waals surface area contributed by atoms with Crippen LogP contribution in [0.3, 0.4) is 0 Å². The zero-order valence-electron chi connectivity index (χ0n) is 15.1. The van der Waals surface area contributed by atoms with Gasteiger partial charge in [0.2, 0.25) is 0 Å². The Kier molecular flexibility index (Phi) is 11.7. The van der Waals surface area contributed by atoms with Gasteiger partial charge in [-0.05, 0) is 43.8 Å². The number of hydrogen-bond acceptors (Lipinski definition) is 4. The first-order chi connectivity index (χ1) is 11.3. The Morgan fingerprint density at radius 3 is 2.67 bits per heavy atom. The molecule has 0 amide bonds. The number of nitrogens with one attached hydrogen (secondary N) is 2. The van der Waals surface area contributed by atoms with Crippen molar-refractivity contribution < 1.29 is 9.47 Å². The molecule has 0 spiro atoms. The highest BCUT2D eigenvalue weighted by Gasteiger charge is 2.32. The highest BCUT2D eigenvalue weighted by atomic mass is 127. The molecule has 1 saturated carbocycles. The summed E-state index contributed by atoms with van der Waals surface area (Å²) in [6.45, 7) is 7.63. The normalized spacial score (nSPS) is 20.3. The van der Waals surface area contributed by atoms with Crippen molar-refractivity contribution in [2.75, 3.05) is 52.3 Å². The number of hydrogen-bond donors (Lipinski definition) is 2. The van der Waals surface area contributed by atoms with E-state index in [1.807, 2.05) is 7.05 Å². The van der Waals surface area contributed by atoms with Crippen LogP contribution in [0.1, 0.15) is 39.0 Å². The van der Waals surface area contributed by atoms with Gasteiger partial charge in [-0.3, -0.25) is 4.99 Å². The fourth-order valence-electron chi connectivity index (χ4n) is 2.80. The van der Waals surface area contributed by atoms with Crippen LogP contribution in [-0.2, 0) is 9.47 Å². The Balaban J connectivity index is 0.00000288. The van der Waals surface area contributed by atoms with E-state index >= 15 is 0 Å². The first-order valence-corrected chi connectivity index (χ1v) is 10.0. The lowest BCUT2D eigenvalue weighted by Crippen LogP contribution is -2.48. The molecule has 5 nitrogen and oxygen atoms in total. The Bertz CT molecular complexity index is 356. The molecule has 2 N–H and O–H groups in total. The molecule has 24 heavy (non-hydrogen) atoms. The van der Waals surface area contributed by atoms with Crippen LogP contribution in [0.2, 0.25) is 0 Å². The molecule has 7 heteroatoms. The third-order valence-electron chi connectivity index (χ3n) is 4.46.